The minimum absolute atomic E-state index is 0.140. The highest BCUT2D eigenvalue weighted by Gasteiger charge is 2.44. The fourth-order valence-electron chi connectivity index (χ4n) is 3.98. The van der Waals surface area contributed by atoms with Crippen molar-refractivity contribution < 1.29 is 19.0 Å². The Balaban J connectivity index is 1.29. The van der Waals surface area contributed by atoms with E-state index in [1.54, 1.807) is 34.1 Å². The first-order valence-corrected chi connectivity index (χ1v) is 9.70. The maximum absolute atomic E-state index is 13.3. The van der Waals surface area contributed by atoms with E-state index in [9.17, 15) is 14.3 Å². The molecule has 1 spiro atoms. The lowest BCUT2D eigenvalue weighted by molar-refractivity contribution is -0.173. The topological polar surface area (TPSA) is 79.6 Å². The number of likely N-dealkylation sites (tertiary alicyclic amines) is 1. The molecular formula is C20H25FN4O3. The number of rotatable bonds is 3. The Morgan fingerprint density at radius 3 is 2.96 bits per heavy atom. The minimum atomic E-state index is -0.485. The lowest BCUT2D eigenvalue weighted by atomic mass is 9.82. The van der Waals surface area contributed by atoms with Gasteiger partial charge in [0.2, 0.25) is 0 Å². The molecule has 2 aliphatic rings. The number of aromatic nitrogens is 2. The molecular weight excluding hydrogens is 363 g/mol. The molecule has 2 aromatic rings. The number of hydrogen-bond acceptors (Lipinski definition) is 4. The Bertz CT molecular complexity index is 832. The molecule has 2 fully saturated rings. The molecule has 2 N–H and O–H groups in total. The molecule has 8 heteroatoms. The molecule has 1 aromatic heterocycles. The first-order valence-electron chi connectivity index (χ1n) is 9.70. The molecule has 1 unspecified atom stereocenters. The summed E-state index contributed by atoms with van der Waals surface area (Å²) in [5.41, 5.74) is 0.975. The van der Waals surface area contributed by atoms with E-state index in [4.69, 9.17) is 4.74 Å². The van der Waals surface area contributed by atoms with Crippen molar-refractivity contribution in [2.75, 3.05) is 19.7 Å². The standard InChI is InChI=1S/C20H25FN4O3/c21-16-3-1-4-17(11-16)25-14-15(13-23-25)12-22-19(27)24-8-6-20(7-9-24)18(26)5-2-10-28-20/h1,3-4,11,13-14,18,26H,2,5-10,12H2,(H,22,27). The van der Waals surface area contributed by atoms with Gasteiger partial charge in [0.1, 0.15) is 5.82 Å². The molecule has 28 heavy (non-hydrogen) atoms. The molecule has 4 rings (SSSR count). The summed E-state index contributed by atoms with van der Waals surface area (Å²) >= 11 is 0. The van der Waals surface area contributed by atoms with Gasteiger partial charge in [0, 0.05) is 38.0 Å². The van der Waals surface area contributed by atoms with E-state index in [0.717, 1.165) is 18.4 Å². The van der Waals surface area contributed by atoms with Crippen LogP contribution >= 0.6 is 0 Å². The van der Waals surface area contributed by atoms with E-state index < -0.39 is 11.7 Å². The second kappa shape index (κ2) is 7.89. The highest BCUT2D eigenvalue weighted by Crippen LogP contribution is 2.35. The molecule has 0 radical (unpaired) electrons. The van der Waals surface area contributed by atoms with E-state index in [0.29, 0.717) is 44.8 Å². The number of nitrogens with zero attached hydrogens (tertiary/aromatic N) is 3. The van der Waals surface area contributed by atoms with Crippen molar-refractivity contribution in [3.63, 3.8) is 0 Å². The van der Waals surface area contributed by atoms with E-state index in [2.05, 4.69) is 10.4 Å². The number of carbonyl (C=O) groups excluding carboxylic acids is 1. The Kier molecular flexibility index (Phi) is 5.32. The molecule has 0 saturated carbocycles. The number of amides is 2. The lowest BCUT2D eigenvalue weighted by Gasteiger charge is -2.46. The molecule has 2 saturated heterocycles. The van der Waals surface area contributed by atoms with Gasteiger partial charge in [-0.2, -0.15) is 5.10 Å². The zero-order chi connectivity index (χ0) is 19.6. The van der Waals surface area contributed by atoms with Gasteiger partial charge < -0.3 is 20.1 Å². The molecule has 150 valence electrons. The average molecular weight is 388 g/mol. The Labute approximate surface area is 163 Å². The minimum Gasteiger partial charge on any atom is -0.390 e. The summed E-state index contributed by atoms with van der Waals surface area (Å²) in [6, 6.07) is 6.04. The van der Waals surface area contributed by atoms with Gasteiger partial charge in [0.25, 0.3) is 0 Å². The van der Waals surface area contributed by atoms with Crippen LogP contribution in [0, 0.1) is 5.82 Å². The fourth-order valence-corrected chi connectivity index (χ4v) is 3.98. The van der Waals surface area contributed by atoms with Crippen LogP contribution in [0.3, 0.4) is 0 Å². The van der Waals surface area contributed by atoms with Crippen LogP contribution in [0.25, 0.3) is 5.69 Å². The van der Waals surface area contributed by atoms with Crippen molar-refractivity contribution in [3.8, 4) is 5.69 Å². The highest BCUT2D eigenvalue weighted by atomic mass is 19.1. The predicted octanol–water partition coefficient (Wildman–Crippen LogP) is 2.23. The maximum atomic E-state index is 13.3. The van der Waals surface area contributed by atoms with Crippen LogP contribution in [0.15, 0.2) is 36.7 Å². The van der Waals surface area contributed by atoms with E-state index in [-0.39, 0.29) is 11.8 Å². The van der Waals surface area contributed by atoms with Crippen molar-refractivity contribution in [1.82, 2.24) is 20.0 Å². The number of ether oxygens (including phenoxy) is 1. The number of hydrogen-bond donors (Lipinski definition) is 2. The van der Waals surface area contributed by atoms with Gasteiger partial charge in [-0.15, -0.1) is 0 Å². The average Bonchev–Trinajstić information content (AvgIpc) is 3.18. The third-order valence-electron chi connectivity index (χ3n) is 5.67. The van der Waals surface area contributed by atoms with Crippen LogP contribution in [0.4, 0.5) is 9.18 Å². The van der Waals surface area contributed by atoms with Gasteiger partial charge in [-0.3, -0.25) is 0 Å². The van der Waals surface area contributed by atoms with Crippen LogP contribution in [0.2, 0.25) is 0 Å². The third kappa shape index (κ3) is 3.88. The summed E-state index contributed by atoms with van der Waals surface area (Å²) in [6.07, 6.45) is 5.94. The monoisotopic (exact) mass is 388 g/mol. The van der Waals surface area contributed by atoms with Gasteiger partial charge >= 0.3 is 6.03 Å². The smallest absolute Gasteiger partial charge is 0.317 e. The van der Waals surface area contributed by atoms with Gasteiger partial charge in [0.15, 0.2) is 0 Å². The molecule has 0 aliphatic carbocycles. The second-order valence-corrected chi connectivity index (χ2v) is 7.49. The lowest BCUT2D eigenvalue weighted by Crippen LogP contribution is -2.57. The van der Waals surface area contributed by atoms with Crippen molar-refractivity contribution in [3.05, 3.63) is 48.0 Å². The Hall–Kier alpha value is -2.45. The van der Waals surface area contributed by atoms with E-state index in [1.807, 2.05) is 0 Å². The number of aliphatic hydroxyl groups is 1. The summed E-state index contributed by atoms with van der Waals surface area (Å²) in [6.45, 7) is 2.14. The first kappa shape index (κ1) is 18.9. The maximum Gasteiger partial charge on any atom is 0.317 e. The zero-order valence-corrected chi connectivity index (χ0v) is 15.7. The highest BCUT2D eigenvalue weighted by molar-refractivity contribution is 5.74. The summed E-state index contributed by atoms with van der Waals surface area (Å²) in [7, 11) is 0. The van der Waals surface area contributed by atoms with E-state index in [1.165, 1.54) is 12.1 Å². The zero-order valence-electron chi connectivity index (χ0n) is 15.7. The number of nitrogens with one attached hydrogen (secondary N) is 1. The number of carbonyl (C=O) groups is 1. The number of aliphatic hydroxyl groups excluding tert-OH is 1. The van der Waals surface area contributed by atoms with Gasteiger partial charge in [0.05, 0.1) is 23.6 Å². The van der Waals surface area contributed by atoms with Crippen LogP contribution in [-0.4, -0.2) is 57.2 Å². The summed E-state index contributed by atoms with van der Waals surface area (Å²) in [5.74, 6) is -0.321. The normalized spacial score (nSPS) is 21.6. The second-order valence-electron chi connectivity index (χ2n) is 7.49. The van der Waals surface area contributed by atoms with E-state index >= 15 is 0 Å². The summed E-state index contributed by atoms with van der Waals surface area (Å²) in [4.78, 5) is 14.2. The quantitative estimate of drug-likeness (QED) is 0.845. The number of piperidine rings is 1. The molecule has 1 atom stereocenters. The van der Waals surface area contributed by atoms with Crippen LogP contribution in [0.1, 0.15) is 31.2 Å². The Morgan fingerprint density at radius 1 is 1.39 bits per heavy atom. The van der Waals surface area contributed by atoms with Crippen molar-refractivity contribution >= 4 is 6.03 Å². The van der Waals surface area contributed by atoms with Crippen LogP contribution in [0.5, 0.6) is 0 Å². The van der Waals surface area contributed by atoms with Crippen molar-refractivity contribution in [2.24, 2.45) is 0 Å². The van der Waals surface area contributed by atoms with Gasteiger partial charge in [-0.25, -0.2) is 13.9 Å². The van der Waals surface area contributed by atoms with Gasteiger partial charge in [-0.1, -0.05) is 6.07 Å². The Morgan fingerprint density at radius 2 is 2.21 bits per heavy atom. The predicted molar refractivity (Wildman–Crippen MR) is 100 cm³/mol. The summed E-state index contributed by atoms with van der Waals surface area (Å²) in [5, 5.41) is 17.4. The molecule has 7 nitrogen and oxygen atoms in total. The number of benzene rings is 1. The van der Waals surface area contributed by atoms with Crippen molar-refractivity contribution in [1.29, 1.82) is 0 Å². The number of halogens is 1. The van der Waals surface area contributed by atoms with Crippen molar-refractivity contribution in [2.45, 2.75) is 43.9 Å². The largest absolute Gasteiger partial charge is 0.390 e. The first-order chi connectivity index (χ1) is 13.6. The fraction of sp³-hybridized carbons (Fsp3) is 0.500. The molecule has 0 bridgehead atoms. The number of urea groups is 1. The SMILES string of the molecule is O=C(NCc1cnn(-c2cccc(F)c2)c1)N1CCC2(CC1)OCCCC2O. The van der Waals surface area contributed by atoms with Crippen LogP contribution < -0.4 is 5.32 Å². The summed E-state index contributed by atoms with van der Waals surface area (Å²) < 4.78 is 20.8. The molecule has 2 amide bonds. The van der Waals surface area contributed by atoms with Crippen LogP contribution in [-0.2, 0) is 11.3 Å². The molecule has 2 aliphatic heterocycles. The van der Waals surface area contributed by atoms with Gasteiger partial charge in [-0.05, 0) is 43.9 Å². The third-order valence-corrected chi connectivity index (χ3v) is 5.67. The molecule has 1 aromatic carbocycles. The molecule has 3 heterocycles.